The van der Waals surface area contributed by atoms with Gasteiger partial charge < -0.3 is 15.5 Å². The molecule has 0 aromatic heterocycles. The van der Waals surface area contributed by atoms with Crippen LogP contribution in [0.4, 0.5) is 11.4 Å². The second kappa shape index (κ2) is 8.19. The monoisotopic (exact) mass is 390 g/mol. The number of sulfonamides is 1. The van der Waals surface area contributed by atoms with E-state index >= 15 is 0 Å². The largest absolute Gasteiger partial charge is 0.376 e. The average molecular weight is 390 g/mol. The number of primary sulfonamides is 1. The van der Waals surface area contributed by atoms with E-state index in [-0.39, 0.29) is 23.0 Å². The van der Waals surface area contributed by atoms with Crippen molar-refractivity contribution >= 4 is 33.2 Å². The van der Waals surface area contributed by atoms with Gasteiger partial charge in [-0.25, -0.2) is 13.6 Å². The molecule has 4 N–H and O–H groups in total. The van der Waals surface area contributed by atoms with Gasteiger partial charge in [-0.15, -0.1) is 0 Å². The molecule has 2 aromatic rings. The Morgan fingerprint density at radius 3 is 2.41 bits per heavy atom. The van der Waals surface area contributed by atoms with E-state index in [1.807, 2.05) is 13.0 Å². The van der Waals surface area contributed by atoms with Gasteiger partial charge in [-0.05, 0) is 37.3 Å². The number of carbonyl (C=O) groups is 2. The lowest BCUT2D eigenvalue weighted by atomic mass is 10.1. The Morgan fingerprint density at radius 1 is 1.11 bits per heavy atom. The number of amides is 2. The molecule has 0 aliphatic rings. The minimum Gasteiger partial charge on any atom is -0.376 e. The topological polar surface area (TPSA) is 122 Å². The average Bonchev–Trinajstić information content (AvgIpc) is 2.58. The summed E-state index contributed by atoms with van der Waals surface area (Å²) in [5.74, 6) is -0.870. The molecule has 144 valence electrons. The van der Waals surface area contributed by atoms with Crippen LogP contribution in [-0.2, 0) is 14.8 Å². The van der Waals surface area contributed by atoms with E-state index in [0.717, 1.165) is 5.56 Å². The molecule has 27 heavy (non-hydrogen) atoms. The van der Waals surface area contributed by atoms with Gasteiger partial charge in [0.05, 0.1) is 22.8 Å². The molecule has 0 fully saturated rings. The third-order valence-electron chi connectivity index (χ3n) is 3.74. The summed E-state index contributed by atoms with van der Waals surface area (Å²) < 4.78 is 23.1. The highest BCUT2D eigenvalue weighted by Crippen LogP contribution is 2.27. The van der Waals surface area contributed by atoms with Crippen molar-refractivity contribution in [3.05, 3.63) is 53.6 Å². The predicted molar refractivity (Wildman–Crippen MR) is 104 cm³/mol. The van der Waals surface area contributed by atoms with Gasteiger partial charge in [-0.2, -0.15) is 0 Å². The molecule has 2 amide bonds. The standard InChI is InChI=1S/C18H22N4O4S/c1-12-5-4-6-13(9-12)18(24)20-11-17(23)21-15-10-14(27(19,25)26)7-8-16(15)22(2)3/h4-10H,11H2,1-3H3,(H,20,24)(H,21,23)(H2,19,25,26). The maximum atomic E-state index is 12.2. The van der Waals surface area contributed by atoms with Crippen LogP contribution in [-0.4, -0.2) is 40.9 Å². The number of nitrogens with one attached hydrogen (secondary N) is 2. The van der Waals surface area contributed by atoms with Crippen LogP contribution >= 0.6 is 0 Å². The van der Waals surface area contributed by atoms with E-state index in [4.69, 9.17) is 5.14 Å². The molecule has 2 aromatic carbocycles. The summed E-state index contributed by atoms with van der Waals surface area (Å²) in [5.41, 5.74) is 2.26. The number of rotatable bonds is 6. The SMILES string of the molecule is Cc1cccc(C(=O)NCC(=O)Nc2cc(S(N)(=O)=O)ccc2N(C)C)c1. The fraction of sp³-hybridized carbons (Fsp3) is 0.222. The number of hydrogen-bond donors (Lipinski definition) is 3. The Bertz CT molecular complexity index is 971. The van der Waals surface area contributed by atoms with Crippen molar-refractivity contribution < 1.29 is 18.0 Å². The third-order valence-corrected chi connectivity index (χ3v) is 4.65. The highest BCUT2D eigenvalue weighted by molar-refractivity contribution is 7.89. The van der Waals surface area contributed by atoms with Gasteiger partial charge in [-0.3, -0.25) is 9.59 Å². The van der Waals surface area contributed by atoms with Crippen LogP contribution in [0.5, 0.6) is 0 Å². The fourth-order valence-electron chi connectivity index (χ4n) is 2.43. The molecule has 0 saturated carbocycles. The van der Waals surface area contributed by atoms with Gasteiger partial charge in [0.25, 0.3) is 5.91 Å². The lowest BCUT2D eigenvalue weighted by molar-refractivity contribution is -0.115. The molecule has 0 aliphatic carbocycles. The van der Waals surface area contributed by atoms with Crippen molar-refractivity contribution in [2.24, 2.45) is 5.14 Å². The molecular weight excluding hydrogens is 368 g/mol. The number of hydrogen-bond acceptors (Lipinski definition) is 5. The molecule has 0 bridgehead atoms. The summed E-state index contributed by atoms with van der Waals surface area (Å²) in [6.07, 6.45) is 0. The van der Waals surface area contributed by atoms with Crippen molar-refractivity contribution in [1.29, 1.82) is 0 Å². The Balaban J connectivity index is 2.11. The predicted octanol–water partition coefficient (Wildman–Crippen LogP) is 1.08. The first-order valence-corrected chi connectivity index (χ1v) is 9.61. The van der Waals surface area contributed by atoms with E-state index in [2.05, 4.69) is 10.6 Å². The molecule has 0 radical (unpaired) electrons. The van der Waals surface area contributed by atoms with Gasteiger partial charge in [0, 0.05) is 19.7 Å². The van der Waals surface area contributed by atoms with Crippen LogP contribution in [0, 0.1) is 6.92 Å². The van der Waals surface area contributed by atoms with Gasteiger partial charge in [0.1, 0.15) is 0 Å². The summed E-state index contributed by atoms with van der Waals surface area (Å²) in [6.45, 7) is 1.60. The molecule has 0 spiro atoms. The zero-order chi connectivity index (χ0) is 20.2. The molecule has 0 atom stereocenters. The Morgan fingerprint density at radius 2 is 1.81 bits per heavy atom. The van der Waals surface area contributed by atoms with Crippen LogP contribution in [0.15, 0.2) is 47.4 Å². The van der Waals surface area contributed by atoms with Crippen molar-refractivity contribution in [3.8, 4) is 0 Å². The number of anilines is 2. The van der Waals surface area contributed by atoms with Crippen LogP contribution in [0.25, 0.3) is 0 Å². The summed E-state index contributed by atoms with van der Waals surface area (Å²) in [6, 6.07) is 11.2. The smallest absolute Gasteiger partial charge is 0.251 e. The van der Waals surface area contributed by atoms with E-state index in [1.165, 1.54) is 12.1 Å². The number of benzene rings is 2. The molecule has 0 heterocycles. The number of aryl methyl sites for hydroxylation is 1. The summed E-state index contributed by atoms with van der Waals surface area (Å²) in [7, 11) is -0.407. The minimum absolute atomic E-state index is 0.118. The molecule has 2 rings (SSSR count). The quantitative estimate of drug-likeness (QED) is 0.681. The molecule has 9 heteroatoms. The fourth-order valence-corrected chi connectivity index (χ4v) is 2.97. The van der Waals surface area contributed by atoms with Crippen molar-refractivity contribution in [1.82, 2.24) is 5.32 Å². The van der Waals surface area contributed by atoms with E-state index in [0.29, 0.717) is 11.3 Å². The van der Waals surface area contributed by atoms with Gasteiger partial charge in [-0.1, -0.05) is 17.7 Å². The highest BCUT2D eigenvalue weighted by Gasteiger charge is 2.15. The van der Waals surface area contributed by atoms with Crippen LogP contribution in [0.1, 0.15) is 15.9 Å². The first-order valence-electron chi connectivity index (χ1n) is 8.07. The molecule has 0 aliphatic heterocycles. The van der Waals surface area contributed by atoms with Crippen LogP contribution in [0.2, 0.25) is 0 Å². The first kappa shape index (κ1) is 20.4. The molecule has 0 saturated heterocycles. The molecular formula is C18H22N4O4S. The summed E-state index contributed by atoms with van der Waals surface area (Å²) in [4.78, 5) is 25.9. The highest BCUT2D eigenvalue weighted by atomic mass is 32.2. The normalized spacial score (nSPS) is 11.0. The number of nitrogens with two attached hydrogens (primary N) is 1. The number of nitrogens with zero attached hydrogens (tertiary/aromatic N) is 1. The summed E-state index contributed by atoms with van der Waals surface area (Å²) >= 11 is 0. The molecule has 8 nitrogen and oxygen atoms in total. The van der Waals surface area contributed by atoms with Gasteiger partial charge in [0.2, 0.25) is 15.9 Å². The van der Waals surface area contributed by atoms with E-state index in [1.54, 1.807) is 43.3 Å². The first-order chi connectivity index (χ1) is 12.6. The van der Waals surface area contributed by atoms with Crippen LogP contribution < -0.4 is 20.7 Å². The zero-order valence-corrected chi connectivity index (χ0v) is 16.1. The Labute approximate surface area is 158 Å². The lowest BCUT2D eigenvalue weighted by Crippen LogP contribution is -2.33. The second-order valence-corrected chi connectivity index (χ2v) is 7.78. The lowest BCUT2D eigenvalue weighted by Gasteiger charge is -2.19. The van der Waals surface area contributed by atoms with Crippen molar-refractivity contribution in [2.75, 3.05) is 30.9 Å². The van der Waals surface area contributed by atoms with E-state index in [9.17, 15) is 18.0 Å². The maximum Gasteiger partial charge on any atom is 0.251 e. The zero-order valence-electron chi connectivity index (χ0n) is 15.3. The van der Waals surface area contributed by atoms with Crippen molar-refractivity contribution in [2.45, 2.75) is 11.8 Å². The van der Waals surface area contributed by atoms with Gasteiger partial charge in [0.15, 0.2) is 0 Å². The van der Waals surface area contributed by atoms with Crippen molar-refractivity contribution in [3.63, 3.8) is 0 Å². The Kier molecular flexibility index (Phi) is 6.19. The van der Waals surface area contributed by atoms with E-state index < -0.39 is 15.9 Å². The third kappa shape index (κ3) is 5.53. The Hall–Kier alpha value is -2.91. The maximum absolute atomic E-state index is 12.2. The van der Waals surface area contributed by atoms with Gasteiger partial charge >= 0.3 is 0 Å². The number of carbonyl (C=O) groups excluding carboxylic acids is 2. The summed E-state index contributed by atoms with van der Waals surface area (Å²) in [5, 5.41) is 10.3. The van der Waals surface area contributed by atoms with Crippen LogP contribution in [0.3, 0.4) is 0 Å². The second-order valence-electron chi connectivity index (χ2n) is 6.22. The molecule has 0 unspecified atom stereocenters. The minimum atomic E-state index is -3.91.